The van der Waals surface area contributed by atoms with E-state index in [4.69, 9.17) is 21.4 Å². The lowest BCUT2D eigenvalue weighted by molar-refractivity contribution is 0.306. The molecule has 0 aromatic heterocycles. The molecule has 0 bridgehead atoms. The molecule has 19 heavy (non-hydrogen) atoms. The van der Waals surface area contributed by atoms with Crippen molar-refractivity contribution in [1.82, 2.24) is 0 Å². The maximum Gasteiger partial charge on any atom is 0.138 e. The predicted molar refractivity (Wildman–Crippen MR) is 76.2 cm³/mol. The van der Waals surface area contributed by atoms with Crippen LogP contribution in [0.4, 0.5) is 0 Å². The van der Waals surface area contributed by atoms with Gasteiger partial charge in [-0.05, 0) is 18.2 Å². The van der Waals surface area contributed by atoms with E-state index < -0.39 is 0 Å². The van der Waals surface area contributed by atoms with Crippen molar-refractivity contribution in [2.45, 2.75) is 6.61 Å². The Kier molecular flexibility index (Phi) is 4.85. The SMILES string of the molecule is OCC#Cc1ccccc1COc1ccccc1Cl. The van der Waals surface area contributed by atoms with E-state index in [9.17, 15) is 0 Å². The van der Waals surface area contributed by atoms with Crippen LogP contribution in [0.25, 0.3) is 0 Å². The van der Waals surface area contributed by atoms with Gasteiger partial charge in [-0.15, -0.1) is 0 Å². The highest BCUT2D eigenvalue weighted by Gasteiger charge is 2.03. The first-order chi connectivity index (χ1) is 9.31. The van der Waals surface area contributed by atoms with E-state index in [-0.39, 0.29) is 6.61 Å². The van der Waals surface area contributed by atoms with Crippen molar-refractivity contribution in [3.05, 3.63) is 64.7 Å². The van der Waals surface area contributed by atoms with E-state index >= 15 is 0 Å². The molecule has 0 aliphatic heterocycles. The molecule has 96 valence electrons. The van der Waals surface area contributed by atoms with Gasteiger partial charge in [-0.1, -0.05) is 53.8 Å². The number of hydrogen-bond acceptors (Lipinski definition) is 2. The summed E-state index contributed by atoms with van der Waals surface area (Å²) >= 11 is 6.03. The highest BCUT2D eigenvalue weighted by atomic mass is 35.5. The van der Waals surface area contributed by atoms with E-state index in [1.807, 2.05) is 42.5 Å². The van der Waals surface area contributed by atoms with Crippen LogP contribution < -0.4 is 4.74 Å². The first-order valence-corrected chi connectivity index (χ1v) is 6.24. The van der Waals surface area contributed by atoms with E-state index in [0.717, 1.165) is 11.1 Å². The Morgan fingerprint density at radius 3 is 2.58 bits per heavy atom. The maximum absolute atomic E-state index is 8.74. The summed E-state index contributed by atoms with van der Waals surface area (Å²) in [7, 11) is 0. The molecule has 0 amide bonds. The molecule has 2 rings (SSSR count). The molecule has 0 unspecified atom stereocenters. The molecule has 0 radical (unpaired) electrons. The molecule has 0 fully saturated rings. The lowest BCUT2D eigenvalue weighted by atomic mass is 10.1. The molecule has 0 saturated carbocycles. The number of aliphatic hydroxyl groups excluding tert-OH is 1. The summed E-state index contributed by atoms with van der Waals surface area (Å²) in [6.07, 6.45) is 0. The number of halogens is 1. The summed E-state index contributed by atoms with van der Waals surface area (Å²) in [5.74, 6) is 6.19. The summed E-state index contributed by atoms with van der Waals surface area (Å²) < 4.78 is 5.68. The van der Waals surface area contributed by atoms with Gasteiger partial charge in [-0.2, -0.15) is 0 Å². The van der Waals surface area contributed by atoms with Crippen molar-refractivity contribution in [3.63, 3.8) is 0 Å². The van der Waals surface area contributed by atoms with Crippen molar-refractivity contribution in [1.29, 1.82) is 0 Å². The van der Waals surface area contributed by atoms with Gasteiger partial charge < -0.3 is 9.84 Å². The minimum atomic E-state index is -0.153. The number of hydrogen-bond donors (Lipinski definition) is 1. The summed E-state index contributed by atoms with van der Waals surface area (Å²) in [5, 5.41) is 9.33. The summed E-state index contributed by atoms with van der Waals surface area (Å²) in [6.45, 7) is 0.236. The third kappa shape index (κ3) is 3.75. The summed E-state index contributed by atoms with van der Waals surface area (Å²) in [6, 6.07) is 15.0. The van der Waals surface area contributed by atoms with E-state index in [1.54, 1.807) is 6.07 Å². The highest BCUT2D eigenvalue weighted by molar-refractivity contribution is 6.32. The lowest BCUT2D eigenvalue weighted by Crippen LogP contribution is -1.98. The van der Waals surface area contributed by atoms with Crippen LogP contribution in [0.3, 0.4) is 0 Å². The average molecular weight is 273 g/mol. The van der Waals surface area contributed by atoms with Crippen LogP contribution in [-0.2, 0) is 6.61 Å². The molecule has 0 aliphatic rings. The van der Waals surface area contributed by atoms with Crippen LogP contribution in [-0.4, -0.2) is 11.7 Å². The van der Waals surface area contributed by atoms with Crippen molar-refractivity contribution >= 4 is 11.6 Å². The van der Waals surface area contributed by atoms with Crippen LogP contribution in [0.1, 0.15) is 11.1 Å². The number of ether oxygens (including phenoxy) is 1. The third-order valence-electron chi connectivity index (χ3n) is 2.54. The maximum atomic E-state index is 8.74. The Bertz CT molecular complexity index is 611. The van der Waals surface area contributed by atoms with Crippen LogP contribution in [0.15, 0.2) is 48.5 Å². The number of para-hydroxylation sites is 1. The molecule has 0 atom stereocenters. The van der Waals surface area contributed by atoms with Gasteiger partial charge in [-0.3, -0.25) is 0 Å². The fourth-order valence-corrected chi connectivity index (χ4v) is 1.81. The normalized spacial score (nSPS) is 9.58. The second-order valence-electron chi connectivity index (χ2n) is 3.84. The zero-order valence-electron chi connectivity index (χ0n) is 10.3. The molecule has 0 heterocycles. The van der Waals surface area contributed by atoms with Crippen LogP contribution in [0.5, 0.6) is 5.75 Å². The molecule has 0 spiro atoms. The standard InChI is InChI=1S/C16H13ClO2/c17-15-9-3-4-10-16(15)19-12-14-7-2-1-6-13(14)8-5-11-18/h1-4,6-7,9-10,18H,11-12H2. The molecule has 2 nitrogen and oxygen atoms in total. The number of aliphatic hydroxyl groups is 1. The van der Waals surface area contributed by atoms with Crippen molar-refractivity contribution in [2.24, 2.45) is 0 Å². The van der Waals surface area contributed by atoms with E-state index in [0.29, 0.717) is 17.4 Å². The summed E-state index contributed by atoms with van der Waals surface area (Å²) in [4.78, 5) is 0. The third-order valence-corrected chi connectivity index (χ3v) is 2.85. The largest absolute Gasteiger partial charge is 0.487 e. The quantitative estimate of drug-likeness (QED) is 0.869. The minimum absolute atomic E-state index is 0.153. The number of benzene rings is 2. The van der Waals surface area contributed by atoms with Crippen molar-refractivity contribution in [2.75, 3.05) is 6.61 Å². The topological polar surface area (TPSA) is 29.5 Å². The molecule has 2 aromatic carbocycles. The van der Waals surface area contributed by atoms with Gasteiger partial charge in [0.25, 0.3) is 0 Å². The van der Waals surface area contributed by atoms with Crippen LogP contribution in [0, 0.1) is 11.8 Å². The van der Waals surface area contributed by atoms with E-state index in [1.165, 1.54) is 0 Å². The minimum Gasteiger partial charge on any atom is -0.487 e. The zero-order chi connectivity index (χ0) is 13.5. The van der Waals surface area contributed by atoms with Crippen LogP contribution in [0.2, 0.25) is 5.02 Å². The van der Waals surface area contributed by atoms with Gasteiger partial charge in [0, 0.05) is 11.1 Å². The smallest absolute Gasteiger partial charge is 0.138 e. The molecule has 3 heteroatoms. The van der Waals surface area contributed by atoms with Gasteiger partial charge in [0.05, 0.1) is 5.02 Å². The van der Waals surface area contributed by atoms with Gasteiger partial charge in [0.2, 0.25) is 0 Å². The van der Waals surface area contributed by atoms with Crippen molar-refractivity contribution < 1.29 is 9.84 Å². The molecule has 2 aromatic rings. The van der Waals surface area contributed by atoms with Crippen molar-refractivity contribution in [3.8, 4) is 17.6 Å². The zero-order valence-corrected chi connectivity index (χ0v) is 11.0. The Morgan fingerprint density at radius 2 is 1.79 bits per heavy atom. The highest BCUT2D eigenvalue weighted by Crippen LogP contribution is 2.24. The van der Waals surface area contributed by atoms with Crippen LogP contribution >= 0.6 is 11.6 Å². The van der Waals surface area contributed by atoms with E-state index in [2.05, 4.69) is 11.8 Å². The monoisotopic (exact) mass is 272 g/mol. The fourth-order valence-electron chi connectivity index (χ4n) is 1.62. The Morgan fingerprint density at radius 1 is 1.05 bits per heavy atom. The second-order valence-corrected chi connectivity index (χ2v) is 4.24. The van der Waals surface area contributed by atoms with Gasteiger partial charge in [0.1, 0.15) is 19.0 Å². The molecular formula is C16H13ClO2. The molecule has 1 N–H and O–H groups in total. The predicted octanol–water partition coefficient (Wildman–Crippen LogP) is 3.26. The number of rotatable bonds is 3. The van der Waals surface area contributed by atoms with Gasteiger partial charge in [0.15, 0.2) is 0 Å². The van der Waals surface area contributed by atoms with Gasteiger partial charge >= 0.3 is 0 Å². The Labute approximate surface area is 117 Å². The lowest BCUT2D eigenvalue weighted by Gasteiger charge is -2.09. The Balaban J connectivity index is 2.14. The first-order valence-electron chi connectivity index (χ1n) is 5.86. The summed E-state index contributed by atoms with van der Waals surface area (Å²) in [5.41, 5.74) is 1.81. The second kappa shape index (κ2) is 6.84. The van der Waals surface area contributed by atoms with Gasteiger partial charge in [-0.25, -0.2) is 0 Å². The first kappa shape index (κ1) is 13.5. The Hall–Kier alpha value is -1.95. The molecule has 0 aliphatic carbocycles. The molecular weight excluding hydrogens is 260 g/mol. The fraction of sp³-hybridized carbons (Fsp3) is 0.125. The average Bonchev–Trinajstić information content (AvgIpc) is 2.45. The molecule has 0 saturated heterocycles.